The van der Waals surface area contributed by atoms with Crippen LogP contribution in [0.1, 0.15) is 31.2 Å². The highest BCUT2D eigenvalue weighted by Gasteiger charge is 2.34. The zero-order valence-corrected chi connectivity index (χ0v) is 14.0. The lowest BCUT2D eigenvalue weighted by Gasteiger charge is -2.35. The van der Waals surface area contributed by atoms with Gasteiger partial charge < -0.3 is 15.2 Å². The highest BCUT2D eigenvalue weighted by molar-refractivity contribution is 5.76. The predicted molar refractivity (Wildman–Crippen MR) is 93.0 cm³/mol. The van der Waals surface area contributed by atoms with Crippen LogP contribution in [0, 0.1) is 0 Å². The molecule has 2 aromatic rings. The Kier molecular flexibility index (Phi) is 5.95. The number of carbonyl (C=O) groups excluding carboxylic acids is 1. The molecule has 132 valence electrons. The third-order valence-electron chi connectivity index (χ3n) is 4.43. The van der Waals surface area contributed by atoms with Crippen molar-refractivity contribution in [1.29, 1.82) is 0 Å². The van der Waals surface area contributed by atoms with Crippen LogP contribution in [0.5, 0.6) is 5.75 Å². The van der Waals surface area contributed by atoms with Crippen LogP contribution < -0.4 is 10.1 Å². The molecule has 0 unspecified atom stereocenters. The quantitative estimate of drug-likeness (QED) is 0.838. The molecule has 0 aromatic carbocycles. The Morgan fingerprint density at radius 2 is 2.00 bits per heavy atom. The van der Waals surface area contributed by atoms with Crippen molar-refractivity contribution >= 4 is 5.91 Å². The maximum atomic E-state index is 12.2. The fourth-order valence-corrected chi connectivity index (χ4v) is 3.10. The molecule has 1 fully saturated rings. The van der Waals surface area contributed by atoms with Crippen LogP contribution in [0.15, 0.2) is 49.1 Å². The monoisotopic (exact) mass is 341 g/mol. The molecule has 6 heteroatoms. The number of pyridine rings is 2. The summed E-state index contributed by atoms with van der Waals surface area (Å²) in [5.74, 6) is 0.574. The number of nitrogens with zero attached hydrogens (tertiary/aromatic N) is 2. The summed E-state index contributed by atoms with van der Waals surface area (Å²) in [5, 5.41) is 13.5. The van der Waals surface area contributed by atoms with Gasteiger partial charge in [0.25, 0.3) is 0 Å². The molecule has 1 aliphatic rings. The van der Waals surface area contributed by atoms with E-state index >= 15 is 0 Å². The molecule has 0 bridgehead atoms. The first-order chi connectivity index (χ1) is 12.2. The molecule has 0 spiro atoms. The van der Waals surface area contributed by atoms with Crippen LogP contribution in [0.2, 0.25) is 0 Å². The number of aryl methyl sites for hydroxylation is 1. The summed E-state index contributed by atoms with van der Waals surface area (Å²) < 4.78 is 5.84. The molecule has 3 atom stereocenters. The Bertz CT molecular complexity index is 666. The Balaban J connectivity index is 1.50. The molecule has 3 rings (SSSR count). The predicted octanol–water partition coefficient (Wildman–Crippen LogP) is 1.89. The Morgan fingerprint density at radius 1 is 1.20 bits per heavy atom. The van der Waals surface area contributed by atoms with Gasteiger partial charge in [0.1, 0.15) is 18.0 Å². The van der Waals surface area contributed by atoms with E-state index in [1.54, 1.807) is 30.9 Å². The Labute approximate surface area is 147 Å². The van der Waals surface area contributed by atoms with Gasteiger partial charge in [-0.15, -0.1) is 0 Å². The second-order valence-corrected chi connectivity index (χ2v) is 6.30. The summed E-state index contributed by atoms with van der Waals surface area (Å²) >= 11 is 0. The molecule has 2 heterocycles. The summed E-state index contributed by atoms with van der Waals surface area (Å²) in [7, 11) is 0. The molecular weight excluding hydrogens is 318 g/mol. The van der Waals surface area contributed by atoms with E-state index in [0.29, 0.717) is 18.6 Å². The van der Waals surface area contributed by atoms with Gasteiger partial charge in [0.2, 0.25) is 5.91 Å². The number of aliphatic hydroxyl groups is 1. The molecule has 1 aliphatic carbocycles. The van der Waals surface area contributed by atoms with Gasteiger partial charge in [-0.25, -0.2) is 0 Å². The SMILES string of the molecule is O=C(CCc1cccnc1)N[C@@H]1CCC[C@@H](Oc2cccnc2)[C@@H]1O. The Hall–Kier alpha value is -2.47. The minimum absolute atomic E-state index is 0.0602. The maximum Gasteiger partial charge on any atom is 0.220 e. The first kappa shape index (κ1) is 17.4. The van der Waals surface area contributed by atoms with E-state index in [1.165, 1.54) is 0 Å². The number of amides is 1. The van der Waals surface area contributed by atoms with E-state index in [9.17, 15) is 9.90 Å². The third-order valence-corrected chi connectivity index (χ3v) is 4.43. The van der Waals surface area contributed by atoms with Crippen LogP contribution in [0.4, 0.5) is 0 Å². The van der Waals surface area contributed by atoms with Crippen molar-refractivity contribution in [2.45, 2.75) is 50.4 Å². The third kappa shape index (κ3) is 5.00. The number of hydrogen-bond donors (Lipinski definition) is 2. The van der Waals surface area contributed by atoms with Crippen molar-refractivity contribution in [2.24, 2.45) is 0 Å². The van der Waals surface area contributed by atoms with Gasteiger partial charge in [-0.3, -0.25) is 14.8 Å². The fraction of sp³-hybridized carbons (Fsp3) is 0.421. The average molecular weight is 341 g/mol. The van der Waals surface area contributed by atoms with Gasteiger partial charge in [0, 0.05) is 25.0 Å². The van der Waals surface area contributed by atoms with Crippen LogP contribution in [-0.2, 0) is 11.2 Å². The number of rotatable bonds is 6. The average Bonchev–Trinajstić information content (AvgIpc) is 2.65. The van der Waals surface area contributed by atoms with E-state index in [0.717, 1.165) is 24.8 Å². The van der Waals surface area contributed by atoms with E-state index in [4.69, 9.17) is 4.74 Å². The normalized spacial score (nSPS) is 23.0. The zero-order valence-electron chi connectivity index (χ0n) is 14.0. The van der Waals surface area contributed by atoms with Gasteiger partial charge in [-0.05, 0) is 49.4 Å². The topological polar surface area (TPSA) is 84.3 Å². The number of hydrogen-bond acceptors (Lipinski definition) is 5. The number of nitrogens with one attached hydrogen (secondary N) is 1. The van der Waals surface area contributed by atoms with Gasteiger partial charge >= 0.3 is 0 Å². The van der Waals surface area contributed by atoms with E-state index < -0.39 is 6.10 Å². The molecule has 0 saturated heterocycles. The lowest BCUT2D eigenvalue weighted by atomic mass is 9.89. The van der Waals surface area contributed by atoms with Crippen molar-refractivity contribution in [1.82, 2.24) is 15.3 Å². The van der Waals surface area contributed by atoms with Gasteiger partial charge in [0.15, 0.2) is 0 Å². The molecule has 25 heavy (non-hydrogen) atoms. The van der Waals surface area contributed by atoms with Gasteiger partial charge in [-0.2, -0.15) is 0 Å². The molecule has 0 radical (unpaired) electrons. The highest BCUT2D eigenvalue weighted by atomic mass is 16.5. The lowest BCUT2D eigenvalue weighted by molar-refractivity contribution is -0.124. The first-order valence-corrected chi connectivity index (χ1v) is 8.65. The summed E-state index contributed by atoms with van der Waals surface area (Å²) in [6.07, 6.45) is 9.16. The summed E-state index contributed by atoms with van der Waals surface area (Å²) in [4.78, 5) is 20.3. The minimum atomic E-state index is -0.726. The molecule has 2 N–H and O–H groups in total. The molecular formula is C19H23N3O3. The van der Waals surface area contributed by atoms with Gasteiger partial charge in [-0.1, -0.05) is 6.07 Å². The first-order valence-electron chi connectivity index (χ1n) is 8.65. The lowest BCUT2D eigenvalue weighted by Crippen LogP contribution is -2.52. The second kappa shape index (κ2) is 8.58. The van der Waals surface area contributed by atoms with E-state index in [-0.39, 0.29) is 18.1 Å². The van der Waals surface area contributed by atoms with Crippen LogP contribution in [0.25, 0.3) is 0 Å². The Morgan fingerprint density at radius 3 is 2.72 bits per heavy atom. The van der Waals surface area contributed by atoms with Crippen LogP contribution in [0.3, 0.4) is 0 Å². The highest BCUT2D eigenvalue weighted by Crippen LogP contribution is 2.24. The number of carbonyl (C=O) groups is 1. The standard InChI is InChI=1S/C19H23N3O3/c23-18(9-8-14-4-2-10-20-12-14)22-16-6-1-7-17(19(16)24)25-15-5-3-11-21-13-15/h2-5,10-13,16-17,19,24H,1,6-9H2,(H,22,23)/t16-,17-,19-/m1/s1. The number of ether oxygens (including phenoxy) is 1. The molecule has 2 aromatic heterocycles. The maximum absolute atomic E-state index is 12.2. The van der Waals surface area contributed by atoms with Crippen LogP contribution in [-0.4, -0.2) is 39.2 Å². The number of aromatic nitrogens is 2. The van der Waals surface area contributed by atoms with Crippen molar-refractivity contribution in [3.8, 4) is 5.75 Å². The van der Waals surface area contributed by atoms with E-state index in [2.05, 4.69) is 15.3 Å². The van der Waals surface area contributed by atoms with Crippen molar-refractivity contribution in [2.75, 3.05) is 0 Å². The molecule has 6 nitrogen and oxygen atoms in total. The van der Waals surface area contributed by atoms with Crippen molar-refractivity contribution < 1.29 is 14.6 Å². The number of aliphatic hydroxyl groups excluding tert-OH is 1. The second-order valence-electron chi connectivity index (χ2n) is 6.30. The smallest absolute Gasteiger partial charge is 0.220 e. The van der Waals surface area contributed by atoms with E-state index in [1.807, 2.05) is 18.2 Å². The van der Waals surface area contributed by atoms with Crippen molar-refractivity contribution in [3.63, 3.8) is 0 Å². The van der Waals surface area contributed by atoms with Crippen LogP contribution >= 0.6 is 0 Å². The fourth-order valence-electron chi connectivity index (χ4n) is 3.10. The van der Waals surface area contributed by atoms with Crippen molar-refractivity contribution in [3.05, 3.63) is 54.6 Å². The minimum Gasteiger partial charge on any atom is -0.486 e. The molecule has 0 aliphatic heterocycles. The summed E-state index contributed by atoms with van der Waals surface area (Å²) in [6, 6.07) is 7.14. The summed E-state index contributed by atoms with van der Waals surface area (Å²) in [5.41, 5.74) is 1.03. The molecule has 1 amide bonds. The summed E-state index contributed by atoms with van der Waals surface area (Å²) in [6.45, 7) is 0. The van der Waals surface area contributed by atoms with Gasteiger partial charge in [0.05, 0.1) is 12.2 Å². The largest absolute Gasteiger partial charge is 0.486 e. The zero-order chi connectivity index (χ0) is 17.5. The molecule has 1 saturated carbocycles.